The molecule has 1 amide bonds. The lowest BCUT2D eigenvalue weighted by atomic mass is 9.73. The third-order valence-corrected chi connectivity index (χ3v) is 7.85. The van der Waals surface area contributed by atoms with E-state index in [2.05, 4.69) is 5.32 Å². The molecule has 200 valence electrons. The number of carbonyl (C=O) groups is 1. The van der Waals surface area contributed by atoms with Gasteiger partial charge in [-0.25, -0.2) is 8.78 Å². The molecule has 4 atom stereocenters. The van der Waals surface area contributed by atoms with E-state index < -0.39 is 35.2 Å². The fourth-order valence-corrected chi connectivity index (χ4v) is 6.07. The molecule has 3 aromatic rings. The van der Waals surface area contributed by atoms with Gasteiger partial charge >= 0.3 is 0 Å². The van der Waals surface area contributed by atoms with Crippen LogP contribution < -0.4 is 20.5 Å². The molecule has 0 radical (unpaired) electrons. The summed E-state index contributed by atoms with van der Waals surface area (Å²) in [4.78, 5) is 12.5. The highest BCUT2D eigenvalue weighted by Crippen LogP contribution is 2.58. The van der Waals surface area contributed by atoms with E-state index in [1.807, 2.05) is 37.3 Å². The molecule has 0 spiro atoms. The summed E-state index contributed by atoms with van der Waals surface area (Å²) in [6.45, 7) is 4.04. The van der Waals surface area contributed by atoms with Crippen LogP contribution in [-0.4, -0.2) is 36.3 Å². The number of fused-ring (bicyclic) bond motifs is 1. The minimum absolute atomic E-state index is 0.00114. The van der Waals surface area contributed by atoms with Gasteiger partial charge in [0.1, 0.15) is 18.2 Å². The van der Waals surface area contributed by atoms with Gasteiger partial charge in [-0.05, 0) is 44.0 Å². The van der Waals surface area contributed by atoms with Crippen molar-refractivity contribution in [1.82, 2.24) is 5.32 Å². The summed E-state index contributed by atoms with van der Waals surface area (Å²) in [6, 6.07) is 13.3. The number of halogens is 3. The van der Waals surface area contributed by atoms with E-state index >= 15 is 8.78 Å². The standard InChI is InChI=1S/C29H29ClF2N2O4/c1-15(35)14-37-20-11-10-18(28(33)36)24(27(20)32)25-23-16(2)29(22-9-6-12-34-22,17-7-4-3-5-8-17)38-21(23)13-19(31)26(25)30/h3-5,7-8,10-11,13,15-16,22,34-35H,6,9,12,14H2,1-2H3,(H2,33,36)/t15?,16-,22?,29-/m0/s1. The van der Waals surface area contributed by atoms with E-state index in [4.69, 9.17) is 26.8 Å². The fourth-order valence-electron chi connectivity index (χ4n) is 5.82. The molecule has 38 heavy (non-hydrogen) atoms. The molecule has 0 aliphatic carbocycles. The van der Waals surface area contributed by atoms with E-state index in [1.54, 1.807) is 0 Å². The highest BCUT2D eigenvalue weighted by Gasteiger charge is 2.55. The first-order valence-electron chi connectivity index (χ1n) is 12.6. The summed E-state index contributed by atoms with van der Waals surface area (Å²) < 4.78 is 43.6. The first kappa shape index (κ1) is 26.4. The fraction of sp³-hybridized carbons (Fsp3) is 0.345. The lowest BCUT2D eigenvalue weighted by molar-refractivity contribution is 0.0333. The van der Waals surface area contributed by atoms with Crippen molar-refractivity contribution in [3.63, 3.8) is 0 Å². The van der Waals surface area contributed by atoms with E-state index in [0.29, 0.717) is 5.56 Å². The zero-order valence-corrected chi connectivity index (χ0v) is 21.8. The highest BCUT2D eigenvalue weighted by atomic mass is 35.5. The van der Waals surface area contributed by atoms with Crippen molar-refractivity contribution in [3.05, 3.63) is 81.9 Å². The molecule has 4 N–H and O–H groups in total. The quantitative estimate of drug-likeness (QED) is 0.377. The predicted octanol–water partition coefficient (Wildman–Crippen LogP) is 5.29. The number of hydrogen-bond acceptors (Lipinski definition) is 5. The first-order valence-corrected chi connectivity index (χ1v) is 13.0. The average molecular weight is 543 g/mol. The molecule has 2 heterocycles. The molecule has 0 aromatic heterocycles. The summed E-state index contributed by atoms with van der Waals surface area (Å²) >= 11 is 6.56. The third-order valence-electron chi connectivity index (χ3n) is 7.48. The Morgan fingerprint density at radius 2 is 2.00 bits per heavy atom. The molecule has 6 nitrogen and oxygen atoms in total. The SMILES string of the molecule is CC(O)COc1ccc(C(N)=O)c(-c2c(Cl)c(F)cc3c2[C@H](C)[C@](c2ccccc2)(C2CCCN2)O3)c1F. The van der Waals surface area contributed by atoms with Crippen molar-refractivity contribution in [2.45, 2.75) is 50.4 Å². The Hall–Kier alpha value is -3.20. The summed E-state index contributed by atoms with van der Waals surface area (Å²) in [5.74, 6) is -3.09. The van der Waals surface area contributed by atoms with E-state index in [0.717, 1.165) is 24.9 Å². The summed E-state index contributed by atoms with van der Waals surface area (Å²) in [6.07, 6.45) is 0.897. The molecule has 2 unspecified atom stereocenters. The van der Waals surface area contributed by atoms with Gasteiger partial charge in [-0.1, -0.05) is 48.9 Å². The Morgan fingerprint density at radius 3 is 2.63 bits per heavy atom. The van der Waals surface area contributed by atoms with Crippen LogP contribution in [0.4, 0.5) is 8.78 Å². The van der Waals surface area contributed by atoms with Gasteiger partial charge in [0.15, 0.2) is 17.2 Å². The zero-order valence-electron chi connectivity index (χ0n) is 21.1. The number of rotatable bonds is 7. The maximum Gasteiger partial charge on any atom is 0.249 e. The molecule has 3 aromatic carbocycles. The molecular weight excluding hydrogens is 514 g/mol. The van der Waals surface area contributed by atoms with Crippen molar-refractivity contribution in [2.75, 3.05) is 13.2 Å². The minimum Gasteiger partial charge on any atom is -0.488 e. The maximum atomic E-state index is 16.1. The minimum atomic E-state index is -0.935. The van der Waals surface area contributed by atoms with E-state index in [1.165, 1.54) is 25.1 Å². The first-order chi connectivity index (χ1) is 18.2. The zero-order chi connectivity index (χ0) is 27.2. The van der Waals surface area contributed by atoms with Crippen LogP contribution in [0.2, 0.25) is 5.02 Å². The smallest absolute Gasteiger partial charge is 0.249 e. The molecular formula is C29H29ClF2N2O4. The van der Waals surface area contributed by atoms with Crippen LogP contribution in [0.15, 0.2) is 48.5 Å². The highest BCUT2D eigenvalue weighted by molar-refractivity contribution is 6.34. The van der Waals surface area contributed by atoms with Gasteiger partial charge in [0.2, 0.25) is 5.91 Å². The molecule has 9 heteroatoms. The molecule has 5 rings (SSSR count). The van der Waals surface area contributed by atoms with Gasteiger partial charge in [0, 0.05) is 28.7 Å². The summed E-state index contributed by atoms with van der Waals surface area (Å²) in [5, 5.41) is 12.8. The van der Waals surface area contributed by atoms with Crippen LogP contribution in [-0.2, 0) is 5.60 Å². The van der Waals surface area contributed by atoms with Gasteiger partial charge in [0.25, 0.3) is 0 Å². The number of amides is 1. The Kier molecular flexibility index (Phi) is 7.07. The van der Waals surface area contributed by atoms with Crippen LogP contribution in [0.25, 0.3) is 11.1 Å². The monoisotopic (exact) mass is 542 g/mol. The number of aliphatic hydroxyl groups is 1. The second kappa shape index (κ2) is 10.2. The lowest BCUT2D eigenvalue weighted by Gasteiger charge is -2.39. The number of primary amides is 1. The second-order valence-corrected chi connectivity index (χ2v) is 10.3. The van der Waals surface area contributed by atoms with Gasteiger partial charge in [-0.15, -0.1) is 0 Å². The van der Waals surface area contributed by atoms with Crippen molar-refractivity contribution >= 4 is 17.5 Å². The number of benzene rings is 3. The second-order valence-electron chi connectivity index (χ2n) is 9.92. The molecule has 0 saturated carbocycles. The number of carbonyl (C=O) groups excluding carboxylic acids is 1. The number of nitrogens with one attached hydrogen (secondary N) is 1. The Bertz CT molecular complexity index is 1380. The Morgan fingerprint density at radius 1 is 1.26 bits per heavy atom. The van der Waals surface area contributed by atoms with Gasteiger partial charge < -0.3 is 25.6 Å². The summed E-state index contributed by atoms with van der Waals surface area (Å²) in [5.41, 5.74) is 5.62. The number of aliphatic hydroxyl groups excluding tert-OH is 1. The van der Waals surface area contributed by atoms with E-state index in [-0.39, 0.29) is 45.9 Å². The van der Waals surface area contributed by atoms with E-state index in [9.17, 15) is 9.90 Å². The molecule has 2 aliphatic heterocycles. The third kappa shape index (κ3) is 4.21. The lowest BCUT2D eigenvalue weighted by Crippen LogP contribution is -2.50. The van der Waals surface area contributed by atoms with Crippen LogP contribution in [0, 0.1) is 11.6 Å². The van der Waals surface area contributed by atoms with Gasteiger partial charge in [-0.3, -0.25) is 4.79 Å². The summed E-state index contributed by atoms with van der Waals surface area (Å²) in [7, 11) is 0. The number of nitrogens with two attached hydrogens (primary N) is 1. The number of hydrogen-bond donors (Lipinski definition) is 3. The Labute approximate surface area is 224 Å². The molecule has 2 aliphatic rings. The molecule has 1 fully saturated rings. The van der Waals surface area contributed by atoms with Crippen molar-refractivity contribution in [1.29, 1.82) is 0 Å². The van der Waals surface area contributed by atoms with Crippen LogP contribution in [0.3, 0.4) is 0 Å². The molecule has 0 bridgehead atoms. The Balaban J connectivity index is 1.77. The maximum absolute atomic E-state index is 16.1. The van der Waals surface area contributed by atoms with Crippen LogP contribution in [0.5, 0.6) is 11.5 Å². The topological polar surface area (TPSA) is 93.8 Å². The van der Waals surface area contributed by atoms with Gasteiger partial charge in [-0.2, -0.15) is 0 Å². The van der Waals surface area contributed by atoms with Crippen molar-refractivity contribution < 1.29 is 28.2 Å². The number of ether oxygens (including phenoxy) is 2. The van der Waals surface area contributed by atoms with Gasteiger partial charge in [0.05, 0.1) is 22.7 Å². The normalized spacial score (nSPS) is 23.1. The van der Waals surface area contributed by atoms with Crippen LogP contribution in [0.1, 0.15) is 54.1 Å². The van der Waals surface area contributed by atoms with Crippen LogP contribution >= 0.6 is 11.6 Å². The molecule has 1 saturated heterocycles. The average Bonchev–Trinajstić information content (AvgIpc) is 3.52. The predicted molar refractivity (Wildman–Crippen MR) is 141 cm³/mol. The van der Waals surface area contributed by atoms with Crippen molar-refractivity contribution in [3.8, 4) is 22.6 Å². The van der Waals surface area contributed by atoms with Crippen molar-refractivity contribution in [2.24, 2.45) is 5.73 Å². The largest absolute Gasteiger partial charge is 0.488 e.